The monoisotopic (exact) mass is 514 g/mol. The van der Waals surface area contributed by atoms with Crippen LogP contribution in [0.15, 0.2) is 36.4 Å². The zero-order chi connectivity index (χ0) is 25.0. The lowest BCUT2D eigenvalue weighted by atomic mass is 10.0. The average Bonchev–Trinajstić information content (AvgIpc) is 3.32. The maximum absolute atomic E-state index is 12.8. The van der Waals surface area contributed by atoms with E-state index in [0.717, 1.165) is 31.0 Å². The predicted octanol–water partition coefficient (Wildman–Crippen LogP) is 5.90. The maximum atomic E-state index is 12.8. The highest BCUT2D eigenvalue weighted by Gasteiger charge is 2.36. The second-order valence-corrected chi connectivity index (χ2v) is 8.41. The molecule has 6 nitrogen and oxygen atoms in total. The molecule has 0 aliphatic carbocycles. The summed E-state index contributed by atoms with van der Waals surface area (Å²) in [6, 6.07) is 8.56. The summed E-state index contributed by atoms with van der Waals surface area (Å²) < 4.78 is 49.6. The molecule has 3 rings (SSSR count). The summed E-state index contributed by atoms with van der Waals surface area (Å²) in [5.41, 5.74) is -0.923. The van der Waals surface area contributed by atoms with Crippen LogP contribution in [0.5, 0.6) is 17.2 Å². The van der Waals surface area contributed by atoms with Crippen LogP contribution in [-0.2, 0) is 15.8 Å². The van der Waals surface area contributed by atoms with Gasteiger partial charge in [-0.3, -0.25) is 9.59 Å². The molecule has 0 bridgehead atoms. The fourth-order valence-corrected chi connectivity index (χ4v) is 3.75. The molecule has 0 radical (unpaired) electrons. The second kappa shape index (κ2) is 10.5. The minimum atomic E-state index is -4.55. The van der Waals surface area contributed by atoms with Crippen molar-refractivity contribution in [1.82, 2.24) is 4.90 Å². The highest BCUT2D eigenvalue weighted by molar-refractivity contribution is 6.32. The zero-order valence-electron chi connectivity index (χ0n) is 17.9. The number of carbonyl (C=O) groups excluding carboxylic acids is 2. The minimum Gasteiger partial charge on any atom is -0.481 e. The SMILES string of the molecule is CC(Oc1cc(Oc2ccc(C(F)(F)F)cc2Cl)ccc1Cl)C(=O)C(C#N)C(=O)N1CCCC1. The van der Waals surface area contributed by atoms with Crippen LogP contribution >= 0.6 is 23.2 Å². The number of likely N-dealkylation sites (tertiary alicyclic amines) is 1. The van der Waals surface area contributed by atoms with E-state index < -0.39 is 35.5 Å². The number of benzene rings is 2. The highest BCUT2D eigenvalue weighted by atomic mass is 35.5. The van der Waals surface area contributed by atoms with Crippen LogP contribution in [0.1, 0.15) is 25.3 Å². The van der Waals surface area contributed by atoms with Gasteiger partial charge in [0.25, 0.3) is 0 Å². The van der Waals surface area contributed by atoms with E-state index in [-0.39, 0.29) is 27.3 Å². The fourth-order valence-electron chi connectivity index (χ4n) is 3.37. The van der Waals surface area contributed by atoms with Crippen molar-refractivity contribution < 1.29 is 32.2 Å². The Morgan fingerprint density at radius 2 is 1.74 bits per heavy atom. The number of Topliss-reactive ketones (excluding diaryl/α,β-unsaturated/α-hetero) is 1. The first-order chi connectivity index (χ1) is 16.0. The lowest BCUT2D eigenvalue weighted by Gasteiger charge is -2.21. The number of alkyl halides is 3. The molecular weight excluding hydrogens is 496 g/mol. The molecule has 2 aromatic rings. The van der Waals surface area contributed by atoms with Gasteiger partial charge in [0.15, 0.2) is 17.8 Å². The Balaban J connectivity index is 1.74. The third kappa shape index (κ3) is 5.93. The van der Waals surface area contributed by atoms with Gasteiger partial charge in [-0.15, -0.1) is 0 Å². The Bertz CT molecular complexity index is 1130. The number of nitriles is 1. The number of halogens is 5. The summed E-state index contributed by atoms with van der Waals surface area (Å²) in [5, 5.41) is 9.26. The molecule has 0 saturated carbocycles. The van der Waals surface area contributed by atoms with Crippen LogP contribution in [0, 0.1) is 17.2 Å². The molecule has 11 heteroatoms. The van der Waals surface area contributed by atoms with Gasteiger partial charge in [0, 0.05) is 19.2 Å². The van der Waals surface area contributed by atoms with E-state index >= 15 is 0 Å². The first-order valence-electron chi connectivity index (χ1n) is 10.2. The van der Waals surface area contributed by atoms with Gasteiger partial charge >= 0.3 is 6.18 Å². The van der Waals surface area contributed by atoms with E-state index in [1.165, 1.54) is 30.0 Å². The van der Waals surface area contributed by atoms with Crippen molar-refractivity contribution in [3.8, 4) is 23.3 Å². The van der Waals surface area contributed by atoms with E-state index in [0.29, 0.717) is 13.1 Å². The van der Waals surface area contributed by atoms with Crippen LogP contribution in [0.4, 0.5) is 13.2 Å². The van der Waals surface area contributed by atoms with Gasteiger partial charge in [-0.25, -0.2) is 0 Å². The number of hydrogen-bond donors (Lipinski definition) is 0. The topological polar surface area (TPSA) is 79.6 Å². The van der Waals surface area contributed by atoms with Gasteiger partial charge in [-0.05, 0) is 50.1 Å². The van der Waals surface area contributed by atoms with E-state index in [1.54, 1.807) is 6.07 Å². The Morgan fingerprint density at radius 1 is 1.06 bits per heavy atom. The number of hydrogen-bond acceptors (Lipinski definition) is 5. The Labute approximate surface area is 203 Å². The molecule has 1 heterocycles. The number of rotatable bonds is 7. The van der Waals surface area contributed by atoms with E-state index in [1.807, 2.05) is 0 Å². The van der Waals surface area contributed by atoms with E-state index in [9.17, 15) is 28.0 Å². The fraction of sp³-hybridized carbons (Fsp3) is 0.348. The summed E-state index contributed by atoms with van der Waals surface area (Å²) in [4.78, 5) is 26.7. The van der Waals surface area contributed by atoms with Gasteiger partial charge in [0.2, 0.25) is 5.91 Å². The molecule has 0 N–H and O–H groups in total. The zero-order valence-corrected chi connectivity index (χ0v) is 19.4. The van der Waals surface area contributed by atoms with Crippen LogP contribution in [0.2, 0.25) is 10.0 Å². The number of ether oxygens (including phenoxy) is 2. The van der Waals surface area contributed by atoms with Crippen molar-refractivity contribution >= 4 is 34.9 Å². The molecule has 34 heavy (non-hydrogen) atoms. The lowest BCUT2D eigenvalue weighted by molar-refractivity contribution is -0.141. The normalized spacial score (nSPS) is 15.4. The largest absolute Gasteiger partial charge is 0.481 e. The van der Waals surface area contributed by atoms with Crippen molar-refractivity contribution in [2.75, 3.05) is 13.1 Å². The van der Waals surface area contributed by atoms with Crippen molar-refractivity contribution in [2.24, 2.45) is 5.92 Å². The minimum absolute atomic E-state index is 0.0216. The maximum Gasteiger partial charge on any atom is 0.416 e. The molecule has 1 amide bonds. The molecule has 1 aliphatic heterocycles. The molecule has 1 aliphatic rings. The quantitative estimate of drug-likeness (QED) is 0.429. The third-order valence-corrected chi connectivity index (χ3v) is 5.78. The predicted molar refractivity (Wildman–Crippen MR) is 118 cm³/mol. The first kappa shape index (κ1) is 25.7. The van der Waals surface area contributed by atoms with Crippen LogP contribution in [0.25, 0.3) is 0 Å². The summed E-state index contributed by atoms with van der Waals surface area (Å²) >= 11 is 12.1. The summed E-state index contributed by atoms with van der Waals surface area (Å²) in [6.07, 6.45) is -4.10. The van der Waals surface area contributed by atoms with Gasteiger partial charge in [-0.1, -0.05) is 23.2 Å². The smallest absolute Gasteiger partial charge is 0.416 e. The molecule has 0 spiro atoms. The van der Waals surface area contributed by atoms with Crippen molar-refractivity contribution in [3.63, 3.8) is 0 Å². The summed E-state index contributed by atoms with van der Waals surface area (Å²) in [5.74, 6) is -2.66. The van der Waals surface area contributed by atoms with Crippen molar-refractivity contribution in [1.29, 1.82) is 5.26 Å². The number of carbonyl (C=O) groups is 2. The van der Waals surface area contributed by atoms with Crippen molar-refractivity contribution in [2.45, 2.75) is 32.0 Å². The van der Waals surface area contributed by atoms with Gasteiger partial charge in [0.1, 0.15) is 17.2 Å². The summed E-state index contributed by atoms with van der Waals surface area (Å²) in [6.45, 7) is 2.38. The number of nitrogens with zero attached hydrogens (tertiary/aromatic N) is 2. The van der Waals surface area contributed by atoms with Crippen molar-refractivity contribution in [3.05, 3.63) is 52.0 Å². The first-order valence-corrected chi connectivity index (χ1v) is 11.0. The molecular formula is C23H19Cl2F3N2O4. The van der Waals surface area contributed by atoms with Crippen LogP contribution < -0.4 is 9.47 Å². The molecule has 1 saturated heterocycles. The number of amides is 1. The summed E-state index contributed by atoms with van der Waals surface area (Å²) in [7, 11) is 0. The third-order valence-electron chi connectivity index (χ3n) is 5.17. The average molecular weight is 515 g/mol. The lowest BCUT2D eigenvalue weighted by Crippen LogP contribution is -2.41. The Morgan fingerprint density at radius 3 is 2.32 bits per heavy atom. The molecule has 2 unspecified atom stereocenters. The number of ketones is 1. The van der Waals surface area contributed by atoms with Crippen LogP contribution in [-0.4, -0.2) is 35.8 Å². The molecule has 1 fully saturated rings. The molecule has 180 valence electrons. The molecule has 2 atom stereocenters. The second-order valence-electron chi connectivity index (χ2n) is 7.59. The standard InChI is InChI=1S/C23H19Cl2F3N2O4/c1-13(21(31)16(12-29)22(32)30-8-2-3-9-30)33-20-11-15(5-6-17(20)24)34-19-7-4-14(10-18(19)25)23(26,27)28/h4-7,10-11,13,16H,2-3,8-9H2,1H3. The Kier molecular flexibility index (Phi) is 7.95. The van der Waals surface area contributed by atoms with E-state index in [4.69, 9.17) is 32.7 Å². The highest BCUT2D eigenvalue weighted by Crippen LogP contribution is 2.38. The molecule has 0 aromatic heterocycles. The van der Waals surface area contributed by atoms with Gasteiger partial charge in [-0.2, -0.15) is 18.4 Å². The Hall–Kier alpha value is -2.96. The van der Waals surface area contributed by atoms with Gasteiger partial charge < -0.3 is 14.4 Å². The van der Waals surface area contributed by atoms with Gasteiger partial charge in [0.05, 0.1) is 21.7 Å². The van der Waals surface area contributed by atoms with E-state index in [2.05, 4.69) is 0 Å². The van der Waals surface area contributed by atoms with Crippen LogP contribution in [0.3, 0.4) is 0 Å². The molecule has 2 aromatic carbocycles.